The molecular formula is C28H50OS. The van der Waals surface area contributed by atoms with Gasteiger partial charge in [-0.25, -0.2) is 0 Å². The van der Waals surface area contributed by atoms with Crippen LogP contribution in [0.25, 0.3) is 0 Å². The Morgan fingerprint density at radius 2 is 1.60 bits per heavy atom. The molecule has 0 aliphatic heterocycles. The zero-order chi connectivity index (χ0) is 22.7. The molecule has 1 aliphatic rings. The quantitative estimate of drug-likeness (QED) is 0.220. The maximum absolute atomic E-state index is 9.33. The Hall–Kier alpha value is -0.470. The van der Waals surface area contributed by atoms with Crippen LogP contribution in [0.1, 0.15) is 106 Å². The Morgan fingerprint density at radius 1 is 0.967 bits per heavy atom. The molecular weight excluding hydrogens is 384 g/mol. The van der Waals surface area contributed by atoms with Gasteiger partial charge >= 0.3 is 0 Å². The molecule has 0 aromatic carbocycles. The second-order valence-electron chi connectivity index (χ2n) is 10.4. The molecule has 1 aliphatic carbocycles. The van der Waals surface area contributed by atoms with Crippen molar-refractivity contribution in [1.82, 2.24) is 0 Å². The number of hydrogen-bond acceptors (Lipinski definition) is 2. The molecule has 0 saturated heterocycles. The van der Waals surface area contributed by atoms with Gasteiger partial charge in [-0.1, -0.05) is 69.1 Å². The van der Waals surface area contributed by atoms with Gasteiger partial charge in [0.15, 0.2) is 0 Å². The van der Waals surface area contributed by atoms with Gasteiger partial charge in [-0.2, -0.15) is 12.6 Å². The number of rotatable bonds is 13. The van der Waals surface area contributed by atoms with Crippen molar-refractivity contribution in [2.75, 3.05) is 0 Å². The predicted octanol–water partition coefficient (Wildman–Crippen LogP) is 8.55. The van der Waals surface area contributed by atoms with E-state index in [9.17, 15) is 5.11 Å². The van der Waals surface area contributed by atoms with Crippen molar-refractivity contribution in [3.05, 3.63) is 34.9 Å². The lowest BCUT2D eigenvalue weighted by atomic mass is 9.74. The van der Waals surface area contributed by atoms with Gasteiger partial charge in [-0.15, -0.1) is 0 Å². The second-order valence-corrected chi connectivity index (χ2v) is 10.9. The summed E-state index contributed by atoms with van der Waals surface area (Å²) >= 11 is 4.93. The summed E-state index contributed by atoms with van der Waals surface area (Å²) in [5, 5.41) is 9.79. The maximum atomic E-state index is 9.33. The van der Waals surface area contributed by atoms with E-state index in [0.717, 1.165) is 37.5 Å². The van der Waals surface area contributed by atoms with Crippen LogP contribution in [0.15, 0.2) is 34.9 Å². The Morgan fingerprint density at radius 3 is 2.27 bits per heavy atom. The molecule has 0 saturated carbocycles. The van der Waals surface area contributed by atoms with E-state index in [0.29, 0.717) is 17.1 Å². The molecule has 30 heavy (non-hydrogen) atoms. The van der Waals surface area contributed by atoms with Crippen LogP contribution >= 0.6 is 12.6 Å². The van der Waals surface area contributed by atoms with Crippen LogP contribution in [0.3, 0.4) is 0 Å². The van der Waals surface area contributed by atoms with Crippen molar-refractivity contribution < 1.29 is 5.11 Å². The van der Waals surface area contributed by atoms with E-state index in [1.807, 2.05) is 6.92 Å². The van der Waals surface area contributed by atoms with E-state index in [2.05, 4.69) is 59.8 Å². The molecule has 0 heterocycles. The lowest BCUT2D eigenvalue weighted by Gasteiger charge is -2.36. The van der Waals surface area contributed by atoms with Crippen molar-refractivity contribution >= 4 is 12.6 Å². The van der Waals surface area contributed by atoms with Crippen LogP contribution in [-0.4, -0.2) is 16.5 Å². The second kappa shape index (κ2) is 14.6. The molecule has 1 N–H and O–H groups in total. The lowest BCUT2D eigenvalue weighted by molar-refractivity contribution is 0.186. The Kier molecular flexibility index (Phi) is 13.4. The average molecular weight is 435 g/mol. The Labute approximate surface area is 193 Å². The summed E-state index contributed by atoms with van der Waals surface area (Å²) in [7, 11) is 0. The van der Waals surface area contributed by atoms with Crippen molar-refractivity contribution in [2.45, 2.75) is 118 Å². The highest BCUT2D eigenvalue weighted by Gasteiger charge is 2.30. The number of hydrogen-bond donors (Lipinski definition) is 2. The molecule has 0 bridgehead atoms. The van der Waals surface area contributed by atoms with E-state index in [4.69, 9.17) is 12.6 Å². The van der Waals surface area contributed by atoms with Crippen molar-refractivity contribution in [3.8, 4) is 0 Å². The van der Waals surface area contributed by atoms with Crippen molar-refractivity contribution in [1.29, 1.82) is 0 Å². The first-order valence-electron chi connectivity index (χ1n) is 12.5. The number of allylic oxidation sites excluding steroid dienone is 5. The average Bonchev–Trinajstić information content (AvgIpc) is 2.67. The Balaban J connectivity index is 2.25. The number of aliphatic hydroxyl groups excluding tert-OH is 1. The van der Waals surface area contributed by atoms with E-state index in [1.165, 1.54) is 37.7 Å². The zero-order valence-electron chi connectivity index (χ0n) is 21.0. The third-order valence-electron chi connectivity index (χ3n) is 7.32. The third kappa shape index (κ3) is 10.7. The molecule has 0 radical (unpaired) electrons. The van der Waals surface area contributed by atoms with Gasteiger partial charge in [-0.05, 0) is 95.8 Å². The smallest absolute Gasteiger partial charge is 0.0515 e. The normalized spacial score (nSPS) is 27.7. The molecule has 2 heteroatoms. The SMILES string of the molecule is C/C(=C\CCC(C)O)CC/C=C(\C)CCCC(C)CCC1=CC(C)C(C)C(C)C1S. The molecule has 6 atom stereocenters. The fraction of sp³-hybridized carbons (Fsp3) is 0.786. The minimum Gasteiger partial charge on any atom is -0.393 e. The molecule has 0 aromatic heterocycles. The highest BCUT2D eigenvalue weighted by atomic mass is 32.1. The van der Waals surface area contributed by atoms with Gasteiger partial charge < -0.3 is 5.11 Å². The summed E-state index contributed by atoms with van der Waals surface area (Å²) in [5.74, 6) is 2.91. The molecule has 1 nitrogen and oxygen atoms in total. The molecule has 0 fully saturated rings. The Bertz CT molecular complexity index is 571. The van der Waals surface area contributed by atoms with Gasteiger partial charge in [0.05, 0.1) is 6.10 Å². The topological polar surface area (TPSA) is 20.2 Å². The molecule has 6 unspecified atom stereocenters. The first kappa shape index (κ1) is 27.6. The fourth-order valence-corrected chi connectivity index (χ4v) is 5.02. The van der Waals surface area contributed by atoms with Crippen LogP contribution in [0.2, 0.25) is 0 Å². The molecule has 174 valence electrons. The van der Waals surface area contributed by atoms with Crippen LogP contribution in [0, 0.1) is 23.7 Å². The van der Waals surface area contributed by atoms with E-state index >= 15 is 0 Å². The fourth-order valence-electron chi connectivity index (χ4n) is 4.53. The standard InChI is InChI=1S/C28H50OS/c1-20(11-8-12-21(2)15-10-16-24(5)29)13-9-14-22(3)17-18-27-19-23(4)25(6)26(7)28(27)30/h11,15,19,22-26,28-30H,8-10,12-14,16-18H2,1-7H3/b20-11+,21-15+. The van der Waals surface area contributed by atoms with Crippen LogP contribution in [-0.2, 0) is 0 Å². The lowest BCUT2D eigenvalue weighted by Crippen LogP contribution is -2.30. The van der Waals surface area contributed by atoms with Gasteiger partial charge in [-0.3, -0.25) is 0 Å². The molecule has 0 amide bonds. The summed E-state index contributed by atoms with van der Waals surface area (Å²) < 4.78 is 0. The van der Waals surface area contributed by atoms with Gasteiger partial charge in [0.25, 0.3) is 0 Å². The first-order chi connectivity index (χ1) is 14.1. The number of thiol groups is 1. The van der Waals surface area contributed by atoms with Crippen molar-refractivity contribution in [2.24, 2.45) is 23.7 Å². The number of aliphatic hydroxyl groups is 1. The maximum Gasteiger partial charge on any atom is 0.0515 e. The van der Waals surface area contributed by atoms with Gasteiger partial charge in [0.1, 0.15) is 0 Å². The highest BCUT2D eigenvalue weighted by Crippen LogP contribution is 2.38. The van der Waals surface area contributed by atoms with Crippen LogP contribution < -0.4 is 0 Å². The van der Waals surface area contributed by atoms with Crippen molar-refractivity contribution in [3.63, 3.8) is 0 Å². The summed E-state index contributed by atoms with van der Waals surface area (Å²) in [6.45, 7) is 15.9. The summed E-state index contributed by atoms with van der Waals surface area (Å²) in [6.07, 6.45) is 17.6. The van der Waals surface area contributed by atoms with Gasteiger partial charge in [0.2, 0.25) is 0 Å². The van der Waals surface area contributed by atoms with Crippen LogP contribution in [0.5, 0.6) is 0 Å². The minimum atomic E-state index is -0.187. The first-order valence-corrected chi connectivity index (χ1v) is 13.0. The predicted molar refractivity (Wildman–Crippen MR) is 138 cm³/mol. The summed E-state index contributed by atoms with van der Waals surface area (Å²) in [6, 6.07) is 0. The van der Waals surface area contributed by atoms with Crippen LogP contribution in [0.4, 0.5) is 0 Å². The summed E-state index contributed by atoms with van der Waals surface area (Å²) in [4.78, 5) is 0. The van der Waals surface area contributed by atoms with E-state index < -0.39 is 0 Å². The molecule has 1 rings (SSSR count). The summed E-state index contributed by atoms with van der Waals surface area (Å²) in [5.41, 5.74) is 4.59. The monoisotopic (exact) mass is 434 g/mol. The largest absolute Gasteiger partial charge is 0.393 e. The molecule has 0 aromatic rings. The zero-order valence-corrected chi connectivity index (χ0v) is 21.8. The highest BCUT2D eigenvalue weighted by molar-refractivity contribution is 7.81. The van der Waals surface area contributed by atoms with Gasteiger partial charge in [0, 0.05) is 5.25 Å². The van der Waals surface area contributed by atoms with E-state index in [-0.39, 0.29) is 6.10 Å². The molecule has 0 spiro atoms. The minimum absolute atomic E-state index is 0.187. The third-order valence-corrected chi connectivity index (χ3v) is 8.12. The van der Waals surface area contributed by atoms with E-state index in [1.54, 1.807) is 11.1 Å².